The normalized spacial score (nSPS) is 12.8. The third-order valence-corrected chi connectivity index (χ3v) is 4.89. The first kappa shape index (κ1) is 24.4. The molecule has 1 amide bonds. The minimum Gasteiger partial charge on any atom is -0.490 e. The van der Waals surface area contributed by atoms with E-state index in [0.717, 1.165) is 29.2 Å². The smallest absolute Gasteiger partial charge is 0.251 e. The quantitative estimate of drug-likeness (QED) is 0.237. The molecule has 174 valence electrons. The lowest BCUT2D eigenvalue weighted by molar-refractivity contribution is 0.0948. The fourth-order valence-electron chi connectivity index (χ4n) is 3.25. The van der Waals surface area contributed by atoms with Crippen LogP contribution in [0.25, 0.3) is 0 Å². The third-order valence-electron chi connectivity index (χ3n) is 4.89. The SMILES string of the molecule is CN=C(NCc1cccc(C(=O)NCc2ccco2)c1)Nc1ccc2c(c1)OCCCO2.I. The van der Waals surface area contributed by atoms with Crippen LogP contribution >= 0.6 is 24.0 Å². The minimum atomic E-state index is -0.155. The van der Waals surface area contributed by atoms with E-state index in [0.29, 0.717) is 43.6 Å². The van der Waals surface area contributed by atoms with Crippen LogP contribution in [0.4, 0.5) is 5.69 Å². The van der Waals surface area contributed by atoms with Gasteiger partial charge in [0.05, 0.1) is 26.0 Å². The van der Waals surface area contributed by atoms with Gasteiger partial charge in [0.1, 0.15) is 5.76 Å². The van der Waals surface area contributed by atoms with Gasteiger partial charge in [0, 0.05) is 37.3 Å². The third kappa shape index (κ3) is 6.88. The van der Waals surface area contributed by atoms with Crippen LogP contribution in [0.2, 0.25) is 0 Å². The molecule has 3 N–H and O–H groups in total. The number of nitrogens with one attached hydrogen (secondary N) is 3. The monoisotopic (exact) mass is 562 g/mol. The van der Waals surface area contributed by atoms with Gasteiger partial charge in [-0.25, -0.2) is 0 Å². The van der Waals surface area contributed by atoms with Crippen LogP contribution < -0.4 is 25.4 Å². The standard InChI is InChI=1S/C24H26N4O4.HI/c1-25-24(28-19-8-9-21-22(14-19)32-12-4-11-31-21)27-15-17-5-2-6-18(13-17)23(29)26-16-20-7-3-10-30-20;/h2-3,5-10,13-14H,4,11-12,15-16H2,1H3,(H,26,29)(H2,25,27,28);1H. The second-order valence-corrected chi connectivity index (χ2v) is 7.23. The summed E-state index contributed by atoms with van der Waals surface area (Å²) in [6.07, 6.45) is 2.45. The Hall–Kier alpha value is -3.21. The van der Waals surface area contributed by atoms with Crippen LogP contribution in [0.5, 0.6) is 11.5 Å². The second kappa shape index (κ2) is 12.1. The second-order valence-electron chi connectivity index (χ2n) is 7.23. The highest BCUT2D eigenvalue weighted by Gasteiger charge is 2.12. The number of fused-ring (bicyclic) bond motifs is 1. The molecule has 2 aromatic carbocycles. The lowest BCUT2D eigenvalue weighted by Gasteiger charge is -2.14. The molecule has 1 aliphatic rings. The summed E-state index contributed by atoms with van der Waals surface area (Å²) in [5.74, 6) is 2.63. The predicted molar refractivity (Wildman–Crippen MR) is 138 cm³/mol. The van der Waals surface area contributed by atoms with Crippen LogP contribution in [0.1, 0.15) is 28.1 Å². The molecule has 9 heteroatoms. The van der Waals surface area contributed by atoms with Crippen molar-refractivity contribution in [3.8, 4) is 11.5 Å². The first-order valence-corrected chi connectivity index (χ1v) is 10.5. The zero-order valence-electron chi connectivity index (χ0n) is 18.3. The van der Waals surface area contributed by atoms with Crippen LogP contribution in [0, 0.1) is 0 Å². The zero-order chi connectivity index (χ0) is 22.2. The highest BCUT2D eigenvalue weighted by molar-refractivity contribution is 14.0. The van der Waals surface area contributed by atoms with Gasteiger partial charge in [-0.1, -0.05) is 12.1 Å². The Balaban J connectivity index is 0.00000306. The van der Waals surface area contributed by atoms with Gasteiger partial charge in [0.25, 0.3) is 5.91 Å². The molecule has 4 rings (SSSR count). The molecular weight excluding hydrogens is 535 g/mol. The molecule has 0 fully saturated rings. The van der Waals surface area contributed by atoms with E-state index in [1.54, 1.807) is 25.4 Å². The number of carbonyl (C=O) groups excluding carboxylic acids is 1. The van der Waals surface area contributed by atoms with Crippen LogP contribution in [0.15, 0.2) is 70.3 Å². The van der Waals surface area contributed by atoms with E-state index in [1.807, 2.05) is 42.5 Å². The summed E-state index contributed by atoms with van der Waals surface area (Å²) < 4.78 is 16.7. The van der Waals surface area contributed by atoms with Gasteiger partial charge in [0.2, 0.25) is 0 Å². The maximum Gasteiger partial charge on any atom is 0.251 e. The van der Waals surface area contributed by atoms with Crippen molar-refractivity contribution in [1.82, 2.24) is 10.6 Å². The van der Waals surface area contributed by atoms with E-state index >= 15 is 0 Å². The summed E-state index contributed by atoms with van der Waals surface area (Å²) in [7, 11) is 1.71. The number of amides is 1. The summed E-state index contributed by atoms with van der Waals surface area (Å²) in [5, 5.41) is 9.38. The number of anilines is 1. The molecule has 3 aromatic rings. The van der Waals surface area contributed by atoms with E-state index in [4.69, 9.17) is 13.9 Å². The number of rotatable bonds is 6. The van der Waals surface area contributed by atoms with Crippen molar-refractivity contribution in [1.29, 1.82) is 0 Å². The molecular formula is C24H27IN4O4. The molecule has 0 saturated carbocycles. The van der Waals surface area contributed by atoms with Crippen molar-refractivity contribution in [3.63, 3.8) is 0 Å². The average Bonchev–Trinajstić information content (AvgIpc) is 3.24. The molecule has 1 aromatic heterocycles. The number of hydrogen-bond acceptors (Lipinski definition) is 5. The molecule has 0 saturated heterocycles. The van der Waals surface area contributed by atoms with Crippen molar-refractivity contribution in [2.45, 2.75) is 19.5 Å². The summed E-state index contributed by atoms with van der Waals surface area (Å²) >= 11 is 0. The van der Waals surface area contributed by atoms with E-state index < -0.39 is 0 Å². The van der Waals surface area contributed by atoms with Crippen molar-refractivity contribution in [2.75, 3.05) is 25.6 Å². The maximum absolute atomic E-state index is 12.4. The van der Waals surface area contributed by atoms with Crippen molar-refractivity contribution < 1.29 is 18.7 Å². The Morgan fingerprint density at radius 2 is 1.82 bits per heavy atom. The van der Waals surface area contributed by atoms with Crippen molar-refractivity contribution in [2.24, 2.45) is 4.99 Å². The Kier molecular flexibility index (Phi) is 8.99. The molecule has 0 radical (unpaired) electrons. The zero-order valence-corrected chi connectivity index (χ0v) is 20.6. The molecule has 2 heterocycles. The van der Waals surface area contributed by atoms with Gasteiger partial charge in [-0.15, -0.1) is 24.0 Å². The predicted octanol–water partition coefficient (Wildman–Crippen LogP) is 4.18. The Morgan fingerprint density at radius 3 is 2.61 bits per heavy atom. The number of guanidine groups is 1. The van der Waals surface area contributed by atoms with Crippen LogP contribution in [0.3, 0.4) is 0 Å². The van der Waals surface area contributed by atoms with E-state index in [9.17, 15) is 4.79 Å². The number of ether oxygens (including phenoxy) is 2. The number of benzene rings is 2. The first-order valence-electron chi connectivity index (χ1n) is 10.5. The molecule has 0 atom stereocenters. The largest absolute Gasteiger partial charge is 0.490 e. The molecule has 1 aliphatic heterocycles. The molecule has 0 unspecified atom stereocenters. The Labute approximate surface area is 209 Å². The topological polar surface area (TPSA) is 97.1 Å². The summed E-state index contributed by atoms with van der Waals surface area (Å²) in [6, 6.07) is 16.8. The van der Waals surface area contributed by atoms with Gasteiger partial charge in [-0.3, -0.25) is 9.79 Å². The molecule has 8 nitrogen and oxygen atoms in total. The highest BCUT2D eigenvalue weighted by Crippen LogP contribution is 2.32. The first-order chi connectivity index (χ1) is 15.7. The number of furan rings is 1. The van der Waals surface area contributed by atoms with E-state index in [-0.39, 0.29) is 29.9 Å². The lowest BCUT2D eigenvalue weighted by atomic mass is 10.1. The number of carbonyl (C=O) groups is 1. The van der Waals surface area contributed by atoms with Gasteiger partial charge in [0.15, 0.2) is 17.5 Å². The van der Waals surface area contributed by atoms with E-state index in [1.165, 1.54) is 0 Å². The van der Waals surface area contributed by atoms with Gasteiger partial charge >= 0.3 is 0 Å². The number of halogens is 1. The molecule has 0 aliphatic carbocycles. The number of aliphatic imine (C=N–C) groups is 1. The van der Waals surface area contributed by atoms with Gasteiger partial charge in [-0.05, 0) is 42.0 Å². The summed E-state index contributed by atoms with van der Waals surface area (Å²) in [5.41, 5.74) is 2.38. The van der Waals surface area contributed by atoms with Crippen molar-refractivity contribution >= 4 is 41.5 Å². The van der Waals surface area contributed by atoms with Gasteiger partial charge in [-0.2, -0.15) is 0 Å². The summed E-state index contributed by atoms with van der Waals surface area (Å²) in [4.78, 5) is 16.7. The van der Waals surface area contributed by atoms with Gasteiger partial charge < -0.3 is 29.8 Å². The number of nitrogens with zero attached hydrogens (tertiary/aromatic N) is 1. The fraction of sp³-hybridized carbons (Fsp3) is 0.250. The Morgan fingerprint density at radius 1 is 0.970 bits per heavy atom. The molecule has 0 bridgehead atoms. The highest BCUT2D eigenvalue weighted by atomic mass is 127. The molecule has 33 heavy (non-hydrogen) atoms. The lowest BCUT2D eigenvalue weighted by Crippen LogP contribution is -2.30. The fourth-order valence-corrected chi connectivity index (χ4v) is 3.25. The van der Waals surface area contributed by atoms with E-state index in [2.05, 4.69) is 20.9 Å². The number of hydrogen-bond donors (Lipinski definition) is 3. The maximum atomic E-state index is 12.4. The average molecular weight is 562 g/mol. The minimum absolute atomic E-state index is 0. The van der Waals surface area contributed by atoms with Crippen LogP contribution in [-0.2, 0) is 13.1 Å². The molecule has 0 spiro atoms. The summed E-state index contributed by atoms with van der Waals surface area (Å²) in [6.45, 7) is 2.14. The Bertz CT molecular complexity index is 1090. The van der Waals surface area contributed by atoms with Crippen molar-refractivity contribution in [3.05, 3.63) is 77.7 Å². The van der Waals surface area contributed by atoms with Crippen LogP contribution in [-0.4, -0.2) is 32.1 Å².